The SMILES string of the molecule is Fc1ccccc1F.O=CN1CCNCC1.[LiH]. The fraction of sp³-hybridized carbons (Fsp3) is 0.364. The van der Waals surface area contributed by atoms with Crippen molar-refractivity contribution in [3.63, 3.8) is 0 Å². The van der Waals surface area contributed by atoms with Crippen LogP contribution in [0.15, 0.2) is 24.3 Å². The summed E-state index contributed by atoms with van der Waals surface area (Å²) in [5.41, 5.74) is 0. The van der Waals surface area contributed by atoms with Crippen molar-refractivity contribution in [2.45, 2.75) is 0 Å². The summed E-state index contributed by atoms with van der Waals surface area (Å²) in [6, 6.07) is 5.04. The molecule has 6 heteroatoms. The van der Waals surface area contributed by atoms with E-state index < -0.39 is 11.6 Å². The Kier molecular flexibility index (Phi) is 8.69. The summed E-state index contributed by atoms with van der Waals surface area (Å²) in [6.07, 6.45) is 0.904. The zero-order valence-corrected chi connectivity index (χ0v) is 8.83. The molecule has 0 aliphatic carbocycles. The molecule has 0 bridgehead atoms. The van der Waals surface area contributed by atoms with Crippen molar-refractivity contribution >= 4 is 25.3 Å². The number of nitrogens with zero attached hydrogens (tertiary/aromatic N) is 1. The number of halogens is 2. The van der Waals surface area contributed by atoms with Gasteiger partial charge in [0.15, 0.2) is 11.6 Å². The first-order valence-corrected chi connectivity index (χ1v) is 5.04. The fourth-order valence-corrected chi connectivity index (χ4v) is 1.23. The van der Waals surface area contributed by atoms with E-state index in [1.54, 1.807) is 4.90 Å². The van der Waals surface area contributed by atoms with Gasteiger partial charge in [-0.2, -0.15) is 0 Å². The summed E-state index contributed by atoms with van der Waals surface area (Å²) in [4.78, 5) is 11.8. The van der Waals surface area contributed by atoms with E-state index in [0.29, 0.717) is 0 Å². The molecule has 17 heavy (non-hydrogen) atoms. The van der Waals surface area contributed by atoms with Gasteiger partial charge in [0.1, 0.15) is 0 Å². The van der Waals surface area contributed by atoms with Crippen molar-refractivity contribution in [1.82, 2.24) is 10.2 Å². The predicted octanol–water partition coefficient (Wildman–Crippen LogP) is 0.364. The van der Waals surface area contributed by atoms with Crippen molar-refractivity contribution in [3.8, 4) is 0 Å². The van der Waals surface area contributed by atoms with Crippen LogP contribution in [0.3, 0.4) is 0 Å². The molecule has 1 N–H and O–H groups in total. The first-order chi connectivity index (χ1) is 7.74. The average molecular weight is 236 g/mol. The van der Waals surface area contributed by atoms with Gasteiger partial charge < -0.3 is 10.2 Å². The fourth-order valence-electron chi connectivity index (χ4n) is 1.23. The number of carbonyl (C=O) groups excluding carboxylic acids is 1. The predicted molar refractivity (Wildman–Crippen MR) is 64.0 cm³/mol. The Balaban J connectivity index is 0.000000284. The summed E-state index contributed by atoms with van der Waals surface area (Å²) in [7, 11) is 0. The van der Waals surface area contributed by atoms with E-state index in [0.717, 1.165) is 44.7 Å². The number of nitrogens with one attached hydrogen (secondary N) is 1. The van der Waals surface area contributed by atoms with Crippen molar-refractivity contribution in [1.29, 1.82) is 0 Å². The molecule has 1 heterocycles. The second-order valence-electron chi connectivity index (χ2n) is 3.31. The van der Waals surface area contributed by atoms with Gasteiger partial charge in [0.05, 0.1) is 0 Å². The second kappa shape index (κ2) is 9.17. The number of benzene rings is 1. The van der Waals surface area contributed by atoms with Gasteiger partial charge in [-0.1, -0.05) is 12.1 Å². The Morgan fingerprint density at radius 1 is 1.12 bits per heavy atom. The number of carbonyl (C=O) groups is 1. The van der Waals surface area contributed by atoms with Gasteiger partial charge in [0.2, 0.25) is 6.41 Å². The maximum atomic E-state index is 11.9. The Labute approximate surface area is 111 Å². The number of hydrogen-bond acceptors (Lipinski definition) is 2. The molecular formula is C11H15F2LiN2O. The van der Waals surface area contributed by atoms with Crippen LogP contribution < -0.4 is 5.32 Å². The Morgan fingerprint density at radius 3 is 1.88 bits per heavy atom. The summed E-state index contributed by atoms with van der Waals surface area (Å²) in [5.74, 6) is -1.60. The normalized spacial score (nSPS) is 14.1. The molecule has 1 amide bonds. The molecule has 1 aromatic rings. The number of rotatable bonds is 1. The number of hydrogen-bond donors (Lipinski definition) is 1. The molecule has 0 saturated carbocycles. The molecular weight excluding hydrogens is 221 g/mol. The summed E-state index contributed by atoms with van der Waals surface area (Å²) in [6.45, 7) is 3.62. The van der Waals surface area contributed by atoms with Gasteiger partial charge in [0.25, 0.3) is 0 Å². The molecule has 1 aromatic carbocycles. The molecule has 0 radical (unpaired) electrons. The second-order valence-corrected chi connectivity index (χ2v) is 3.31. The van der Waals surface area contributed by atoms with Crippen molar-refractivity contribution in [2.24, 2.45) is 0 Å². The summed E-state index contributed by atoms with van der Waals surface area (Å²) < 4.78 is 23.9. The van der Waals surface area contributed by atoms with E-state index in [4.69, 9.17) is 0 Å². The van der Waals surface area contributed by atoms with E-state index in [-0.39, 0.29) is 18.9 Å². The first kappa shape index (κ1) is 16.1. The molecule has 1 aliphatic heterocycles. The molecule has 1 saturated heterocycles. The van der Waals surface area contributed by atoms with Crippen LogP contribution in [0.5, 0.6) is 0 Å². The Bertz CT molecular complexity index is 312. The van der Waals surface area contributed by atoms with Crippen LogP contribution in [-0.2, 0) is 4.79 Å². The van der Waals surface area contributed by atoms with Crippen molar-refractivity contribution in [3.05, 3.63) is 35.9 Å². The van der Waals surface area contributed by atoms with Crippen molar-refractivity contribution < 1.29 is 13.6 Å². The van der Waals surface area contributed by atoms with Crippen LogP contribution in [0.25, 0.3) is 0 Å². The number of amides is 1. The summed E-state index contributed by atoms with van der Waals surface area (Å²) >= 11 is 0. The molecule has 1 aliphatic rings. The van der Waals surface area contributed by atoms with E-state index >= 15 is 0 Å². The minimum atomic E-state index is -0.799. The molecule has 0 unspecified atom stereocenters. The average Bonchev–Trinajstić information content (AvgIpc) is 2.35. The van der Waals surface area contributed by atoms with E-state index in [1.165, 1.54) is 12.1 Å². The minimum absolute atomic E-state index is 0. The zero-order chi connectivity index (χ0) is 11.8. The number of piperazine rings is 1. The van der Waals surface area contributed by atoms with E-state index in [1.807, 2.05) is 0 Å². The first-order valence-electron chi connectivity index (χ1n) is 5.04. The summed E-state index contributed by atoms with van der Waals surface area (Å²) in [5, 5.41) is 3.15. The zero-order valence-electron chi connectivity index (χ0n) is 8.83. The van der Waals surface area contributed by atoms with E-state index in [9.17, 15) is 13.6 Å². The van der Waals surface area contributed by atoms with Gasteiger partial charge in [-0.25, -0.2) is 8.78 Å². The van der Waals surface area contributed by atoms with Gasteiger partial charge >= 0.3 is 18.9 Å². The van der Waals surface area contributed by atoms with E-state index in [2.05, 4.69) is 5.32 Å². The maximum absolute atomic E-state index is 11.9. The van der Waals surface area contributed by atoms with Gasteiger partial charge in [-0.05, 0) is 12.1 Å². The third-order valence-electron chi connectivity index (χ3n) is 2.13. The van der Waals surface area contributed by atoms with Crippen LogP contribution in [0.2, 0.25) is 0 Å². The van der Waals surface area contributed by atoms with Gasteiger partial charge in [-0.3, -0.25) is 4.79 Å². The molecule has 0 spiro atoms. The van der Waals surface area contributed by atoms with Crippen LogP contribution >= 0.6 is 0 Å². The van der Waals surface area contributed by atoms with Crippen LogP contribution in [0.4, 0.5) is 8.78 Å². The van der Waals surface area contributed by atoms with Gasteiger partial charge in [-0.15, -0.1) is 0 Å². The topological polar surface area (TPSA) is 32.3 Å². The molecule has 2 rings (SSSR count). The molecule has 1 fully saturated rings. The molecule has 90 valence electrons. The molecule has 0 atom stereocenters. The van der Waals surface area contributed by atoms with Crippen molar-refractivity contribution in [2.75, 3.05) is 26.2 Å². The quantitative estimate of drug-likeness (QED) is 0.564. The molecule has 0 aromatic heterocycles. The Morgan fingerprint density at radius 2 is 1.59 bits per heavy atom. The monoisotopic (exact) mass is 236 g/mol. The third-order valence-corrected chi connectivity index (χ3v) is 2.13. The molecule has 3 nitrogen and oxygen atoms in total. The van der Waals surface area contributed by atoms with Crippen LogP contribution in [0.1, 0.15) is 0 Å². The van der Waals surface area contributed by atoms with Crippen LogP contribution in [0, 0.1) is 11.6 Å². The third kappa shape index (κ3) is 6.42. The Hall–Kier alpha value is -0.893. The van der Waals surface area contributed by atoms with Crippen LogP contribution in [-0.4, -0.2) is 56.3 Å². The van der Waals surface area contributed by atoms with Gasteiger partial charge in [0, 0.05) is 26.2 Å². The standard InChI is InChI=1S/C6H4F2.C5H10N2O.Li.H/c7-5-3-1-2-4-6(5)8;8-5-7-3-1-6-2-4-7;;/h1-4H;5-6H,1-4H2;;.